The van der Waals surface area contributed by atoms with E-state index in [2.05, 4.69) is 26.9 Å². The average molecular weight is 457 g/mol. The number of carbonyl (C=O) groups is 2. The summed E-state index contributed by atoms with van der Waals surface area (Å²) < 4.78 is 11.7. The van der Waals surface area contributed by atoms with Gasteiger partial charge in [0.05, 0.1) is 5.75 Å². The first-order valence-corrected chi connectivity index (χ1v) is 11.3. The van der Waals surface area contributed by atoms with Gasteiger partial charge in [-0.1, -0.05) is 52.9 Å². The van der Waals surface area contributed by atoms with Crippen LogP contribution in [-0.2, 0) is 9.59 Å². The molecule has 0 fully saturated rings. The number of nitrogens with zero attached hydrogens (tertiary/aromatic N) is 2. The zero-order chi connectivity index (χ0) is 21.8. The maximum atomic E-state index is 12.3. The van der Waals surface area contributed by atoms with Crippen LogP contribution in [0, 0.1) is 13.8 Å². The third kappa shape index (κ3) is 5.33. The second-order valence-corrected chi connectivity index (χ2v) is 9.08. The molecule has 2 heterocycles. The molecule has 10 heteroatoms. The van der Waals surface area contributed by atoms with Crippen molar-refractivity contribution in [2.24, 2.45) is 0 Å². The van der Waals surface area contributed by atoms with Gasteiger partial charge in [0.15, 0.2) is 15.8 Å². The number of nitrogens with one attached hydrogen (secondary N) is 2. The van der Waals surface area contributed by atoms with Gasteiger partial charge < -0.3 is 14.8 Å². The monoisotopic (exact) mass is 456 g/mol. The van der Waals surface area contributed by atoms with Gasteiger partial charge in [-0.05, 0) is 37.6 Å². The van der Waals surface area contributed by atoms with Crippen LogP contribution in [0.2, 0.25) is 0 Å². The Hall–Kier alpha value is -3.11. The van der Waals surface area contributed by atoms with Crippen LogP contribution in [0.3, 0.4) is 0 Å². The summed E-state index contributed by atoms with van der Waals surface area (Å²) >= 11 is 2.55. The highest BCUT2D eigenvalue weighted by molar-refractivity contribution is 8.01. The summed E-state index contributed by atoms with van der Waals surface area (Å²) in [4.78, 5) is 24.5. The fourth-order valence-electron chi connectivity index (χ4n) is 2.92. The molecule has 1 aliphatic rings. The highest BCUT2D eigenvalue weighted by Crippen LogP contribution is 2.31. The highest BCUT2D eigenvalue weighted by Gasteiger charge is 2.28. The van der Waals surface area contributed by atoms with Crippen molar-refractivity contribution in [2.45, 2.75) is 24.3 Å². The number of benzene rings is 2. The summed E-state index contributed by atoms with van der Waals surface area (Å²) in [5, 5.41) is 14.4. The van der Waals surface area contributed by atoms with E-state index in [1.807, 2.05) is 32.0 Å². The number of rotatable bonds is 6. The molecule has 3 aromatic rings. The number of para-hydroxylation sites is 2. The van der Waals surface area contributed by atoms with Crippen LogP contribution < -0.4 is 20.1 Å². The van der Waals surface area contributed by atoms with Crippen molar-refractivity contribution in [3.8, 4) is 11.5 Å². The first-order chi connectivity index (χ1) is 15.0. The number of aromatic nitrogens is 2. The highest BCUT2D eigenvalue weighted by atomic mass is 32.2. The average Bonchev–Trinajstić information content (AvgIpc) is 3.21. The van der Waals surface area contributed by atoms with Gasteiger partial charge >= 0.3 is 0 Å². The lowest BCUT2D eigenvalue weighted by Gasteiger charge is -2.25. The number of hydrogen-bond donors (Lipinski definition) is 2. The van der Waals surface area contributed by atoms with Crippen LogP contribution >= 0.6 is 23.1 Å². The van der Waals surface area contributed by atoms with Crippen LogP contribution in [-0.4, -0.2) is 40.5 Å². The van der Waals surface area contributed by atoms with Crippen LogP contribution in [0.1, 0.15) is 11.1 Å². The predicted octanol–water partition coefficient (Wildman–Crippen LogP) is 3.47. The molecule has 160 valence electrons. The fourth-order valence-corrected chi connectivity index (χ4v) is 4.48. The Morgan fingerprint density at radius 2 is 1.97 bits per heavy atom. The van der Waals surface area contributed by atoms with E-state index in [0.717, 1.165) is 11.3 Å². The molecule has 1 atom stereocenters. The molecule has 2 aromatic carbocycles. The normalized spacial score (nSPS) is 14.7. The lowest BCUT2D eigenvalue weighted by Crippen LogP contribution is -2.46. The van der Waals surface area contributed by atoms with E-state index in [1.165, 1.54) is 28.7 Å². The molecule has 2 amide bonds. The minimum atomic E-state index is -0.876. The second kappa shape index (κ2) is 9.36. The van der Waals surface area contributed by atoms with Gasteiger partial charge in [-0.25, -0.2) is 0 Å². The predicted molar refractivity (Wildman–Crippen MR) is 119 cm³/mol. The summed E-state index contributed by atoms with van der Waals surface area (Å²) in [6, 6.07) is 13.2. The molecular formula is C21H20N4O4S2. The smallest absolute Gasteiger partial charge is 0.271 e. The van der Waals surface area contributed by atoms with Crippen molar-refractivity contribution in [2.75, 3.05) is 17.7 Å². The van der Waals surface area contributed by atoms with E-state index < -0.39 is 17.9 Å². The quantitative estimate of drug-likeness (QED) is 0.544. The molecule has 31 heavy (non-hydrogen) atoms. The number of aryl methyl sites for hydroxylation is 2. The topological polar surface area (TPSA) is 102 Å². The van der Waals surface area contributed by atoms with E-state index in [9.17, 15) is 9.59 Å². The lowest BCUT2D eigenvalue weighted by molar-refractivity contribution is -0.135. The molecule has 0 unspecified atom stereocenters. The molecule has 0 saturated carbocycles. The second-order valence-electron chi connectivity index (χ2n) is 6.88. The number of imide groups is 1. The minimum Gasteiger partial charge on any atom is -0.485 e. The number of fused-ring (bicyclic) bond motifs is 1. The number of amides is 2. The minimum absolute atomic E-state index is 0.0358. The van der Waals surface area contributed by atoms with Crippen molar-refractivity contribution >= 4 is 45.7 Å². The Bertz CT molecular complexity index is 1120. The fraction of sp³-hybridized carbons (Fsp3) is 0.238. The molecule has 2 N–H and O–H groups in total. The van der Waals surface area contributed by atoms with Crippen molar-refractivity contribution < 1.29 is 19.1 Å². The zero-order valence-corrected chi connectivity index (χ0v) is 18.5. The van der Waals surface area contributed by atoms with Crippen LogP contribution in [0.5, 0.6) is 11.5 Å². The van der Waals surface area contributed by atoms with Gasteiger partial charge in [-0.3, -0.25) is 14.9 Å². The third-order valence-corrected chi connectivity index (χ3v) is 6.39. The van der Waals surface area contributed by atoms with Crippen molar-refractivity contribution in [3.05, 3.63) is 53.6 Å². The van der Waals surface area contributed by atoms with Crippen LogP contribution in [0.4, 0.5) is 10.8 Å². The first-order valence-electron chi connectivity index (χ1n) is 9.50. The molecule has 0 spiro atoms. The molecule has 8 nitrogen and oxygen atoms in total. The Morgan fingerprint density at radius 1 is 1.16 bits per heavy atom. The third-order valence-electron chi connectivity index (χ3n) is 4.42. The van der Waals surface area contributed by atoms with Gasteiger partial charge in [0.1, 0.15) is 6.61 Å². The Labute approximate surface area is 187 Å². The van der Waals surface area contributed by atoms with E-state index in [-0.39, 0.29) is 12.4 Å². The van der Waals surface area contributed by atoms with Crippen LogP contribution in [0.15, 0.2) is 46.8 Å². The molecule has 0 bridgehead atoms. The summed E-state index contributed by atoms with van der Waals surface area (Å²) in [5.74, 6) is 0.128. The number of anilines is 2. The molecule has 0 aliphatic carbocycles. The molecule has 0 radical (unpaired) electrons. The Morgan fingerprint density at radius 3 is 2.77 bits per heavy atom. The Kier molecular flexibility index (Phi) is 6.38. The summed E-state index contributed by atoms with van der Waals surface area (Å²) in [5.41, 5.74) is 3.25. The number of thioether (sulfide) groups is 1. The van der Waals surface area contributed by atoms with Crippen molar-refractivity contribution in [1.82, 2.24) is 15.5 Å². The maximum Gasteiger partial charge on any atom is 0.271 e. The zero-order valence-electron chi connectivity index (χ0n) is 16.9. The number of hydrogen-bond acceptors (Lipinski definition) is 9. The van der Waals surface area contributed by atoms with Crippen molar-refractivity contribution in [1.29, 1.82) is 0 Å². The molecular weight excluding hydrogens is 436 g/mol. The maximum absolute atomic E-state index is 12.3. The molecule has 0 saturated heterocycles. The van der Waals surface area contributed by atoms with Crippen LogP contribution in [0.25, 0.3) is 0 Å². The van der Waals surface area contributed by atoms with Gasteiger partial charge in [0.2, 0.25) is 17.1 Å². The van der Waals surface area contributed by atoms with Gasteiger partial charge in [0.25, 0.3) is 5.91 Å². The van der Waals surface area contributed by atoms with E-state index in [1.54, 1.807) is 18.2 Å². The van der Waals surface area contributed by atoms with E-state index in [0.29, 0.717) is 21.0 Å². The number of ether oxygens (including phenoxy) is 2. The summed E-state index contributed by atoms with van der Waals surface area (Å²) in [7, 11) is 0. The number of carbonyl (C=O) groups excluding carboxylic acids is 2. The van der Waals surface area contributed by atoms with E-state index in [4.69, 9.17) is 9.47 Å². The van der Waals surface area contributed by atoms with Gasteiger partial charge in [-0.2, -0.15) is 0 Å². The SMILES string of the molecule is Cc1ccc(Nc2nnc(SCC(=O)NC(=O)[C@H]3COc4ccccc4O3)s2)c(C)c1. The molecule has 1 aromatic heterocycles. The Balaban J connectivity index is 1.26. The largest absolute Gasteiger partial charge is 0.485 e. The first kappa shape index (κ1) is 21.1. The standard InChI is InChI=1S/C21H20N4O4S2/c1-12-7-8-14(13(2)9-12)22-20-24-25-21(31-20)30-11-18(26)23-19(27)17-10-28-15-5-3-4-6-16(15)29-17/h3-9,17H,10-11H2,1-2H3,(H,22,24)(H,23,26,27)/t17-/m1/s1. The van der Waals surface area contributed by atoms with Gasteiger partial charge in [-0.15, -0.1) is 10.2 Å². The molecule has 4 rings (SSSR count). The summed E-state index contributed by atoms with van der Waals surface area (Å²) in [6.07, 6.45) is -0.876. The van der Waals surface area contributed by atoms with Gasteiger partial charge in [0, 0.05) is 5.69 Å². The molecule has 1 aliphatic heterocycles. The lowest BCUT2D eigenvalue weighted by atomic mass is 10.1. The van der Waals surface area contributed by atoms with E-state index >= 15 is 0 Å². The van der Waals surface area contributed by atoms with Crippen molar-refractivity contribution in [3.63, 3.8) is 0 Å². The summed E-state index contributed by atoms with van der Waals surface area (Å²) in [6.45, 7) is 4.11.